The first-order chi connectivity index (χ1) is 13.3. The zero-order valence-electron chi connectivity index (χ0n) is 14.6. The summed E-state index contributed by atoms with van der Waals surface area (Å²) >= 11 is 3.45. The molecule has 10 heteroatoms. The number of anilines is 2. The zero-order valence-corrected chi connectivity index (χ0v) is 16.2. The molecule has 0 aliphatic carbocycles. The molecule has 1 fully saturated rings. The average Bonchev–Trinajstić information content (AvgIpc) is 2.91. The molecule has 0 radical (unpaired) electrons. The number of rotatable bonds is 4. The molecule has 0 saturated carbocycles. The van der Waals surface area contributed by atoms with E-state index in [9.17, 15) is 18.0 Å². The largest absolute Gasteiger partial charge is 0.573 e. The normalized spacial score (nSPS) is 15.1. The molecule has 0 atom stereocenters. The maximum Gasteiger partial charge on any atom is 0.573 e. The van der Waals surface area contributed by atoms with Crippen LogP contribution in [-0.2, 0) is 4.74 Å². The van der Waals surface area contributed by atoms with E-state index in [4.69, 9.17) is 4.74 Å². The Kier molecular flexibility index (Phi) is 6.40. The highest BCUT2D eigenvalue weighted by molar-refractivity contribution is 9.10. The van der Waals surface area contributed by atoms with E-state index in [0.717, 1.165) is 30.9 Å². The maximum absolute atomic E-state index is 12.4. The Balaban J connectivity index is 1.66. The van der Waals surface area contributed by atoms with E-state index in [-0.39, 0.29) is 5.75 Å². The summed E-state index contributed by atoms with van der Waals surface area (Å²) in [6, 6.07) is 6.56. The van der Waals surface area contributed by atoms with Crippen LogP contribution in [0.25, 0.3) is 0 Å². The van der Waals surface area contributed by atoms with Gasteiger partial charge in [0.25, 0.3) is 5.91 Å². The Morgan fingerprint density at radius 1 is 1.21 bits per heavy atom. The van der Waals surface area contributed by atoms with Crippen LogP contribution in [0, 0.1) is 0 Å². The molecule has 6 nitrogen and oxygen atoms in total. The van der Waals surface area contributed by atoms with E-state index >= 15 is 0 Å². The number of carbonyl (C=O) groups excluding carboxylic acids is 1. The summed E-state index contributed by atoms with van der Waals surface area (Å²) in [6.07, 6.45) is -2.41. The molecule has 1 saturated heterocycles. The van der Waals surface area contributed by atoms with Crippen LogP contribution in [0.1, 0.15) is 16.8 Å². The van der Waals surface area contributed by atoms with E-state index in [1.807, 2.05) is 0 Å². The maximum atomic E-state index is 12.4. The SMILES string of the molecule is O=C(Nc1ccc(OC(F)(F)F)cc1)c1cnc(N2CCCOCC2)c(Br)c1. The van der Waals surface area contributed by atoms with Crippen LogP contribution in [0.15, 0.2) is 41.0 Å². The number of pyridine rings is 1. The van der Waals surface area contributed by atoms with Crippen LogP contribution in [-0.4, -0.2) is 43.6 Å². The van der Waals surface area contributed by atoms with E-state index in [1.54, 1.807) is 6.07 Å². The first-order valence-corrected chi connectivity index (χ1v) is 9.26. The van der Waals surface area contributed by atoms with Gasteiger partial charge in [-0.15, -0.1) is 13.2 Å². The molecule has 0 bridgehead atoms. The minimum absolute atomic E-state index is 0.317. The number of hydrogen-bond acceptors (Lipinski definition) is 5. The highest BCUT2D eigenvalue weighted by Crippen LogP contribution is 2.27. The number of amides is 1. The lowest BCUT2D eigenvalue weighted by Crippen LogP contribution is -2.27. The third-order valence-corrected chi connectivity index (χ3v) is 4.54. The summed E-state index contributed by atoms with van der Waals surface area (Å²) in [7, 11) is 0. The molecular formula is C18H17BrF3N3O3. The number of hydrogen-bond donors (Lipinski definition) is 1. The van der Waals surface area contributed by atoms with E-state index < -0.39 is 12.3 Å². The molecule has 1 N–H and O–H groups in total. The summed E-state index contributed by atoms with van der Waals surface area (Å²) in [6.45, 7) is 2.85. The molecule has 1 aromatic heterocycles. The van der Waals surface area contributed by atoms with Crippen molar-refractivity contribution in [2.24, 2.45) is 0 Å². The summed E-state index contributed by atoms with van der Waals surface area (Å²) < 4.78 is 46.5. The van der Waals surface area contributed by atoms with Gasteiger partial charge in [0.05, 0.1) is 16.6 Å². The van der Waals surface area contributed by atoms with Crippen LogP contribution >= 0.6 is 15.9 Å². The van der Waals surface area contributed by atoms with Gasteiger partial charge in [-0.05, 0) is 52.7 Å². The molecule has 2 aromatic rings. The van der Waals surface area contributed by atoms with Crippen molar-refractivity contribution in [3.63, 3.8) is 0 Å². The minimum Gasteiger partial charge on any atom is -0.406 e. The predicted molar refractivity (Wildman–Crippen MR) is 101 cm³/mol. The molecule has 3 rings (SSSR count). The average molecular weight is 460 g/mol. The molecule has 1 aromatic carbocycles. The summed E-state index contributed by atoms with van der Waals surface area (Å²) in [5.41, 5.74) is 0.654. The number of nitrogens with zero attached hydrogens (tertiary/aromatic N) is 2. The van der Waals surface area contributed by atoms with Gasteiger partial charge in [0.15, 0.2) is 0 Å². The summed E-state index contributed by atoms with van der Waals surface area (Å²) in [4.78, 5) is 18.9. The minimum atomic E-state index is -4.76. The Bertz CT molecular complexity index is 823. The van der Waals surface area contributed by atoms with Gasteiger partial charge in [-0.3, -0.25) is 4.79 Å². The lowest BCUT2D eigenvalue weighted by Gasteiger charge is -2.22. The number of carbonyl (C=O) groups is 1. The van der Waals surface area contributed by atoms with Crippen molar-refractivity contribution < 1.29 is 27.4 Å². The quantitative estimate of drug-likeness (QED) is 0.741. The monoisotopic (exact) mass is 459 g/mol. The van der Waals surface area contributed by atoms with Crippen LogP contribution in [0.4, 0.5) is 24.7 Å². The lowest BCUT2D eigenvalue weighted by atomic mass is 10.2. The number of halogens is 4. The van der Waals surface area contributed by atoms with Gasteiger partial charge < -0.3 is 19.7 Å². The van der Waals surface area contributed by atoms with Crippen molar-refractivity contribution in [3.8, 4) is 5.75 Å². The highest BCUT2D eigenvalue weighted by Gasteiger charge is 2.31. The van der Waals surface area contributed by atoms with Gasteiger partial charge in [-0.1, -0.05) is 0 Å². The van der Waals surface area contributed by atoms with E-state index in [2.05, 4.69) is 35.9 Å². The molecule has 1 aliphatic heterocycles. The Hall–Kier alpha value is -2.33. The molecule has 1 aliphatic rings. The Morgan fingerprint density at radius 2 is 1.96 bits per heavy atom. The molecule has 2 heterocycles. The van der Waals surface area contributed by atoms with Crippen LogP contribution in [0.2, 0.25) is 0 Å². The fraction of sp³-hybridized carbons (Fsp3) is 0.333. The summed E-state index contributed by atoms with van der Waals surface area (Å²) in [5, 5.41) is 2.61. The number of benzene rings is 1. The van der Waals surface area contributed by atoms with Gasteiger partial charge in [-0.25, -0.2) is 4.98 Å². The molecule has 1 amide bonds. The van der Waals surface area contributed by atoms with Crippen molar-refractivity contribution in [2.75, 3.05) is 36.5 Å². The van der Waals surface area contributed by atoms with Gasteiger partial charge >= 0.3 is 6.36 Å². The second kappa shape index (κ2) is 8.78. The van der Waals surface area contributed by atoms with Crippen molar-refractivity contribution in [2.45, 2.75) is 12.8 Å². The standard InChI is InChI=1S/C18H17BrF3N3O3/c19-15-10-12(11-23-16(15)25-6-1-8-27-9-7-25)17(26)24-13-2-4-14(5-3-13)28-18(20,21)22/h2-5,10-11H,1,6-9H2,(H,24,26). The molecule has 0 spiro atoms. The second-order valence-corrected chi connectivity index (χ2v) is 6.86. The fourth-order valence-corrected chi connectivity index (χ4v) is 3.29. The fourth-order valence-electron chi connectivity index (χ4n) is 2.69. The van der Waals surface area contributed by atoms with Gasteiger partial charge in [0.1, 0.15) is 11.6 Å². The number of alkyl halides is 3. The third kappa shape index (κ3) is 5.59. The van der Waals surface area contributed by atoms with Crippen LogP contribution in [0.3, 0.4) is 0 Å². The third-order valence-electron chi connectivity index (χ3n) is 3.95. The van der Waals surface area contributed by atoms with Gasteiger partial charge in [-0.2, -0.15) is 0 Å². The molecular weight excluding hydrogens is 443 g/mol. The second-order valence-electron chi connectivity index (χ2n) is 6.01. The van der Waals surface area contributed by atoms with Gasteiger partial charge in [0.2, 0.25) is 0 Å². The number of aromatic nitrogens is 1. The van der Waals surface area contributed by atoms with E-state index in [0.29, 0.717) is 35.5 Å². The molecule has 0 unspecified atom stereocenters. The first-order valence-electron chi connectivity index (χ1n) is 8.47. The Labute approximate surface area is 167 Å². The topological polar surface area (TPSA) is 63.7 Å². The van der Waals surface area contributed by atoms with Crippen molar-refractivity contribution in [1.29, 1.82) is 0 Å². The lowest BCUT2D eigenvalue weighted by molar-refractivity contribution is -0.274. The first kappa shape index (κ1) is 20.4. The zero-order chi connectivity index (χ0) is 20.1. The van der Waals surface area contributed by atoms with Crippen LogP contribution in [0.5, 0.6) is 5.75 Å². The molecule has 150 valence electrons. The van der Waals surface area contributed by atoms with E-state index in [1.165, 1.54) is 18.3 Å². The van der Waals surface area contributed by atoms with Gasteiger partial charge in [0, 0.05) is 31.6 Å². The summed E-state index contributed by atoms with van der Waals surface area (Å²) in [5.74, 6) is -0.0557. The Morgan fingerprint density at radius 3 is 2.64 bits per heavy atom. The predicted octanol–water partition coefficient (Wildman–Crippen LogP) is 4.22. The van der Waals surface area contributed by atoms with Crippen molar-refractivity contribution in [3.05, 3.63) is 46.6 Å². The smallest absolute Gasteiger partial charge is 0.406 e. The highest BCUT2D eigenvalue weighted by atomic mass is 79.9. The molecule has 28 heavy (non-hydrogen) atoms. The van der Waals surface area contributed by atoms with Crippen LogP contribution < -0.4 is 15.0 Å². The number of nitrogens with one attached hydrogen (secondary N) is 1. The number of ether oxygens (including phenoxy) is 2. The van der Waals surface area contributed by atoms with Crippen molar-refractivity contribution >= 4 is 33.3 Å². The van der Waals surface area contributed by atoms with Crippen molar-refractivity contribution in [1.82, 2.24) is 4.98 Å².